The van der Waals surface area contributed by atoms with Crippen LogP contribution in [0.4, 0.5) is 4.39 Å². The van der Waals surface area contributed by atoms with E-state index >= 15 is 0 Å². The third-order valence-corrected chi connectivity index (χ3v) is 8.28. The molecule has 11 heteroatoms. The quantitative estimate of drug-likeness (QED) is 0.422. The fourth-order valence-corrected chi connectivity index (χ4v) is 5.91. The number of carbonyl (C=O) groups excluding carboxylic acids is 1. The Kier molecular flexibility index (Phi) is 5.98. The van der Waals surface area contributed by atoms with Crippen molar-refractivity contribution in [2.45, 2.75) is 4.90 Å². The van der Waals surface area contributed by atoms with Gasteiger partial charge >= 0.3 is 0 Å². The maximum Gasteiger partial charge on any atom is 0.293 e. The third kappa shape index (κ3) is 4.25. The summed E-state index contributed by atoms with van der Waals surface area (Å²) in [5, 5.41) is 6.27. The number of piperazine rings is 1. The highest BCUT2D eigenvalue weighted by Crippen LogP contribution is 2.26. The number of carbonyl (C=O) groups is 1. The first kappa shape index (κ1) is 22.4. The summed E-state index contributed by atoms with van der Waals surface area (Å²) in [4.78, 5) is 20.2. The van der Waals surface area contributed by atoms with Crippen LogP contribution in [0.1, 0.15) is 10.6 Å². The zero-order valence-electron chi connectivity index (χ0n) is 17.9. The van der Waals surface area contributed by atoms with Gasteiger partial charge in [0.15, 0.2) is 5.82 Å². The number of thiophene rings is 1. The summed E-state index contributed by atoms with van der Waals surface area (Å²) in [6, 6.07) is 17.9. The van der Waals surface area contributed by atoms with Crippen LogP contribution in [0.5, 0.6) is 0 Å². The molecule has 0 unspecified atom stereocenters. The summed E-state index contributed by atoms with van der Waals surface area (Å²) in [6.07, 6.45) is 0. The molecule has 174 valence electrons. The number of hydrogen-bond donors (Lipinski definition) is 0. The molecule has 5 rings (SSSR count). The van der Waals surface area contributed by atoms with Crippen LogP contribution in [0.25, 0.3) is 16.4 Å². The van der Waals surface area contributed by atoms with Gasteiger partial charge in [-0.1, -0.05) is 30.3 Å². The zero-order chi connectivity index (χ0) is 23.7. The van der Waals surface area contributed by atoms with E-state index in [-0.39, 0.29) is 36.9 Å². The summed E-state index contributed by atoms with van der Waals surface area (Å²) in [5.74, 6) is -0.403. The second-order valence-corrected chi connectivity index (χ2v) is 10.5. The number of nitrogens with zero attached hydrogens (tertiary/aromatic N) is 5. The van der Waals surface area contributed by atoms with Crippen LogP contribution in [-0.4, -0.2) is 64.5 Å². The summed E-state index contributed by atoms with van der Waals surface area (Å²) in [6.45, 7) is 0.776. The minimum absolute atomic E-state index is 0.0213. The van der Waals surface area contributed by atoms with Crippen molar-refractivity contribution in [1.29, 1.82) is 0 Å². The van der Waals surface area contributed by atoms with E-state index < -0.39 is 21.7 Å². The van der Waals surface area contributed by atoms with Gasteiger partial charge in [-0.05, 0) is 41.8 Å². The average Bonchev–Trinajstić information content (AvgIpc) is 3.54. The summed E-state index contributed by atoms with van der Waals surface area (Å²) in [5.41, 5.74) is 0.453. The zero-order valence-corrected chi connectivity index (χ0v) is 19.5. The van der Waals surface area contributed by atoms with Crippen molar-refractivity contribution in [3.8, 4) is 16.4 Å². The largest absolute Gasteiger partial charge is 0.333 e. The van der Waals surface area contributed by atoms with Crippen molar-refractivity contribution < 1.29 is 17.6 Å². The topological polar surface area (TPSA) is 88.4 Å². The minimum Gasteiger partial charge on any atom is -0.333 e. The fourth-order valence-electron chi connectivity index (χ4n) is 3.77. The van der Waals surface area contributed by atoms with Gasteiger partial charge in [0.05, 0.1) is 15.5 Å². The molecule has 2 aromatic heterocycles. The lowest BCUT2D eigenvalue weighted by molar-refractivity contribution is 0.0685. The Hall–Kier alpha value is -3.41. The van der Waals surface area contributed by atoms with Gasteiger partial charge in [0.1, 0.15) is 5.82 Å². The Morgan fingerprint density at radius 3 is 2.38 bits per heavy atom. The number of hydrogen-bond acceptors (Lipinski definition) is 6. The molecule has 8 nitrogen and oxygen atoms in total. The van der Waals surface area contributed by atoms with E-state index in [1.165, 1.54) is 32.5 Å². The average molecular weight is 498 g/mol. The Balaban J connectivity index is 1.38. The predicted molar refractivity (Wildman–Crippen MR) is 126 cm³/mol. The summed E-state index contributed by atoms with van der Waals surface area (Å²) < 4.78 is 42.4. The Labute approximate surface area is 199 Å². The molecule has 0 aliphatic carbocycles. The maximum absolute atomic E-state index is 13.9. The molecule has 0 radical (unpaired) electrons. The van der Waals surface area contributed by atoms with E-state index in [0.29, 0.717) is 11.5 Å². The van der Waals surface area contributed by atoms with Crippen molar-refractivity contribution in [3.63, 3.8) is 0 Å². The first-order chi connectivity index (χ1) is 16.4. The molecule has 34 heavy (non-hydrogen) atoms. The molecular formula is C23H20FN5O3S2. The second-order valence-electron chi connectivity index (χ2n) is 7.64. The molecule has 0 atom stereocenters. The normalized spacial score (nSPS) is 14.9. The van der Waals surface area contributed by atoms with Crippen LogP contribution in [0, 0.1) is 5.82 Å². The van der Waals surface area contributed by atoms with Crippen molar-refractivity contribution >= 4 is 27.3 Å². The number of amides is 1. The van der Waals surface area contributed by atoms with Crippen LogP contribution in [0.15, 0.2) is 77.0 Å². The molecule has 0 spiro atoms. The number of benzene rings is 2. The van der Waals surface area contributed by atoms with Crippen LogP contribution < -0.4 is 0 Å². The number of aromatic nitrogens is 3. The monoisotopic (exact) mass is 497 g/mol. The standard InChI is InChI=1S/C23H20FN5O3S2/c24-17-6-4-7-18(16-17)29-22(20-10-5-15-33-20)25-21(26-29)23(30)27-11-13-28(14-12-27)34(31,32)19-8-2-1-3-9-19/h1-10,15-16H,11-14H2. The number of sulfonamides is 1. The summed E-state index contributed by atoms with van der Waals surface area (Å²) in [7, 11) is -3.62. The fraction of sp³-hybridized carbons (Fsp3) is 0.174. The number of halogens is 1. The maximum atomic E-state index is 13.9. The van der Waals surface area contributed by atoms with Gasteiger partial charge in [-0.3, -0.25) is 4.79 Å². The summed E-state index contributed by atoms with van der Waals surface area (Å²) >= 11 is 1.44. The highest BCUT2D eigenvalue weighted by atomic mass is 32.2. The first-order valence-electron chi connectivity index (χ1n) is 10.5. The highest BCUT2D eigenvalue weighted by Gasteiger charge is 2.32. The second kappa shape index (κ2) is 9.09. The Bertz CT molecular complexity index is 1410. The van der Waals surface area contributed by atoms with Crippen molar-refractivity contribution in [3.05, 3.63) is 83.8 Å². The molecule has 1 saturated heterocycles. The van der Waals surface area contributed by atoms with Crippen molar-refractivity contribution in [2.75, 3.05) is 26.2 Å². The molecule has 4 aromatic rings. The van der Waals surface area contributed by atoms with Gasteiger partial charge in [-0.15, -0.1) is 16.4 Å². The molecular weight excluding hydrogens is 477 g/mol. The lowest BCUT2D eigenvalue weighted by Gasteiger charge is -2.33. The van der Waals surface area contributed by atoms with E-state index in [2.05, 4.69) is 10.1 Å². The van der Waals surface area contributed by atoms with Gasteiger partial charge in [0, 0.05) is 26.2 Å². The Morgan fingerprint density at radius 1 is 0.941 bits per heavy atom. The molecule has 1 aliphatic heterocycles. The predicted octanol–water partition coefficient (Wildman–Crippen LogP) is 3.28. The SMILES string of the molecule is O=C(c1nc(-c2cccs2)n(-c2cccc(F)c2)n1)N1CCN(S(=O)(=O)c2ccccc2)CC1. The van der Waals surface area contributed by atoms with Gasteiger partial charge in [0.25, 0.3) is 5.91 Å². The number of rotatable bonds is 5. The molecule has 2 aromatic carbocycles. The van der Waals surface area contributed by atoms with Gasteiger partial charge in [-0.2, -0.15) is 4.31 Å². The minimum atomic E-state index is -3.62. The van der Waals surface area contributed by atoms with Gasteiger partial charge in [-0.25, -0.2) is 22.5 Å². The van der Waals surface area contributed by atoms with E-state index in [1.54, 1.807) is 47.4 Å². The van der Waals surface area contributed by atoms with Crippen LogP contribution in [0.3, 0.4) is 0 Å². The third-order valence-electron chi connectivity index (χ3n) is 5.50. The van der Waals surface area contributed by atoms with Crippen LogP contribution in [-0.2, 0) is 10.0 Å². The smallest absolute Gasteiger partial charge is 0.293 e. The van der Waals surface area contributed by atoms with Crippen LogP contribution >= 0.6 is 11.3 Å². The molecule has 3 heterocycles. The van der Waals surface area contributed by atoms with E-state index in [0.717, 1.165) is 4.88 Å². The lowest BCUT2D eigenvalue weighted by atomic mass is 10.3. The van der Waals surface area contributed by atoms with E-state index in [1.807, 2.05) is 17.5 Å². The van der Waals surface area contributed by atoms with Crippen molar-refractivity contribution in [2.24, 2.45) is 0 Å². The van der Waals surface area contributed by atoms with Gasteiger partial charge < -0.3 is 4.90 Å². The van der Waals surface area contributed by atoms with E-state index in [4.69, 9.17) is 0 Å². The highest BCUT2D eigenvalue weighted by molar-refractivity contribution is 7.89. The van der Waals surface area contributed by atoms with Crippen molar-refractivity contribution in [1.82, 2.24) is 24.0 Å². The van der Waals surface area contributed by atoms with Gasteiger partial charge in [0.2, 0.25) is 15.8 Å². The lowest BCUT2D eigenvalue weighted by Crippen LogP contribution is -2.50. The molecule has 1 aliphatic rings. The first-order valence-corrected chi connectivity index (χ1v) is 12.9. The molecule has 1 fully saturated rings. The van der Waals surface area contributed by atoms with E-state index in [9.17, 15) is 17.6 Å². The Morgan fingerprint density at radius 2 is 1.71 bits per heavy atom. The molecule has 1 amide bonds. The van der Waals surface area contributed by atoms with Crippen LogP contribution in [0.2, 0.25) is 0 Å². The molecule has 0 saturated carbocycles. The molecule has 0 N–H and O–H groups in total. The molecule has 0 bridgehead atoms.